The minimum Gasteiger partial charge on any atom is -0.337 e. The molecule has 0 radical (unpaired) electrons. The quantitative estimate of drug-likeness (QED) is 0.666. The third-order valence-electron chi connectivity index (χ3n) is 1.06. The Balaban J connectivity index is 2.89. The third-order valence-corrected chi connectivity index (χ3v) is 1.31. The van der Waals surface area contributed by atoms with Gasteiger partial charge in [0.25, 0.3) is 0 Å². The zero-order valence-electron chi connectivity index (χ0n) is 5.24. The van der Waals surface area contributed by atoms with Gasteiger partial charge in [-0.15, -0.1) is 11.6 Å². The lowest BCUT2D eigenvalue weighted by atomic mass is 10.5. The van der Waals surface area contributed by atoms with E-state index in [0.717, 1.165) is 6.20 Å². The molecule has 0 bridgehead atoms. The topological polar surface area (TPSA) is 28.7 Å². The number of imidazole rings is 1. The molecule has 0 aromatic carbocycles. The highest BCUT2D eigenvalue weighted by molar-refractivity contribution is 6.16. The molecule has 0 aliphatic carbocycles. The molecule has 0 atom stereocenters. The van der Waals surface area contributed by atoms with Gasteiger partial charge >= 0.3 is 6.18 Å². The predicted molar refractivity (Wildman–Crippen MR) is 33.1 cm³/mol. The molecule has 2 nitrogen and oxygen atoms in total. The first-order chi connectivity index (χ1) is 5.04. The van der Waals surface area contributed by atoms with Crippen molar-refractivity contribution in [3.8, 4) is 0 Å². The zero-order chi connectivity index (χ0) is 8.48. The third kappa shape index (κ3) is 1.86. The maximum atomic E-state index is 11.8. The molecule has 0 amide bonds. The number of rotatable bonds is 1. The summed E-state index contributed by atoms with van der Waals surface area (Å²) in [5.41, 5.74) is -0.867. The summed E-state index contributed by atoms with van der Waals surface area (Å²) in [5, 5.41) is 0. The summed E-state index contributed by atoms with van der Waals surface area (Å²) in [5.74, 6) is 0.0785. The van der Waals surface area contributed by atoms with Crippen molar-refractivity contribution in [2.75, 3.05) is 0 Å². The molecule has 0 spiro atoms. The summed E-state index contributed by atoms with van der Waals surface area (Å²) < 4.78 is 35.5. The first-order valence-electron chi connectivity index (χ1n) is 2.71. The zero-order valence-corrected chi connectivity index (χ0v) is 6.00. The van der Waals surface area contributed by atoms with Crippen molar-refractivity contribution in [1.82, 2.24) is 9.97 Å². The highest BCUT2D eigenvalue weighted by Crippen LogP contribution is 2.27. The fraction of sp³-hybridized carbons (Fsp3) is 0.400. The molecular formula is C5H4ClF3N2. The molecule has 1 aromatic rings. The monoisotopic (exact) mass is 184 g/mol. The normalized spacial score (nSPS) is 12.0. The minimum absolute atomic E-state index is 0.0456. The van der Waals surface area contributed by atoms with E-state index in [-0.39, 0.29) is 11.7 Å². The van der Waals surface area contributed by atoms with Crippen molar-refractivity contribution >= 4 is 11.6 Å². The van der Waals surface area contributed by atoms with Crippen LogP contribution in [0.4, 0.5) is 13.2 Å². The van der Waals surface area contributed by atoms with Crippen LogP contribution in [-0.4, -0.2) is 9.97 Å². The maximum absolute atomic E-state index is 11.8. The molecule has 62 valence electrons. The molecule has 0 fully saturated rings. The van der Waals surface area contributed by atoms with E-state index in [1.54, 1.807) is 0 Å². The van der Waals surface area contributed by atoms with Gasteiger partial charge in [0, 0.05) is 0 Å². The van der Waals surface area contributed by atoms with Crippen LogP contribution in [0.1, 0.15) is 11.5 Å². The second-order valence-electron chi connectivity index (χ2n) is 1.87. The van der Waals surface area contributed by atoms with Crippen LogP contribution in [0.2, 0.25) is 0 Å². The molecule has 6 heteroatoms. The number of alkyl halides is 4. The van der Waals surface area contributed by atoms with Crippen molar-refractivity contribution in [2.24, 2.45) is 0 Å². The first-order valence-corrected chi connectivity index (χ1v) is 3.24. The minimum atomic E-state index is -4.36. The van der Waals surface area contributed by atoms with Crippen LogP contribution in [0.15, 0.2) is 6.20 Å². The molecule has 1 heterocycles. The average Bonchev–Trinajstić information content (AvgIpc) is 2.32. The molecule has 0 saturated carbocycles. The van der Waals surface area contributed by atoms with Gasteiger partial charge in [-0.25, -0.2) is 4.98 Å². The molecular weight excluding hydrogens is 181 g/mol. The summed E-state index contributed by atoms with van der Waals surface area (Å²) in [6.45, 7) is 0. The van der Waals surface area contributed by atoms with Gasteiger partial charge < -0.3 is 4.98 Å². The van der Waals surface area contributed by atoms with Gasteiger partial charge in [0.15, 0.2) is 0 Å². The van der Waals surface area contributed by atoms with Crippen LogP contribution in [-0.2, 0) is 12.1 Å². The first kappa shape index (κ1) is 8.39. The van der Waals surface area contributed by atoms with Crippen molar-refractivity contribution < 1.29 is 13.2 Å². The summed E-state index contributed by atoms with van der Waals surface area (Å²) in [7, 11) is 0. The summed E-state index contributed by atoms with van der Waals surface area (Å²) in [4.78, 5) is 5.43. The maximum Gasteiger partial charge on any atom is 0.432 e. The van der Waals surface area contributed by atoms with Crippen LogP contribution < -0.4 is 0 Å². The smallest absolute Gasteiger partial charge is 0.337 e. The van der Waals surface area contributed by atoms with Crippen LogP contribution in [0.25, 0.3) is 0 Å². The predicted octanol–water partition coefficient (Wildman–Crippen LogP) is 2.17. The average molecular weight is 185 g/mol. The lowest BCUT2D eigenvalue weighted by Gasteiger charge is -2.00. The number of nitrogens with zero attached hydrogens (tertiary/aromatic N) is 1. The number of hydrogen-bond acceptors (Lipinski definition) is 1. The molecule has 0 aliphatic heterocycles. The van der Waals surface area contributed by atoms with Crippen molar-refractivity contribution in [1.29, 1.82) is 0 Å². The summed E-state index contributed by atoms with van der Waals surface area (Å²) in [6, 6.07) is 0. The van der Waals surface area contributed by atoms with Crippen molar-refractivity contribution in [2.45, 2.75) is 12.1 Å². The lowest BCUT2D eigenvalue weighted by Crippen LogP contribution is -2.04. The molecule has 1 N–H and O–H groups in total. The number of hydrogen-bond donors (Lipinski definition) is 1. The Morgan fingerprint density at radius 3 is 2.45 bits per heavy atom. The van der Waals surface area contributed by atoms with Gasteiger partial charge in [-0.1, -0.05) is 0 Å². The van der Waals surface area contributed by atoms with E-state index >= 15 is 0 Å². The van der Waals surface area contributed by atoms with Crippen molar-refractivity contribution in [3.63, 3.8) is 0 Å². The summed E-state index contributed by atoms with van der Waals surface area (Å²) >= 11 is 5.23. The number of nitrogens with one attached hydrogen (secondary N) is 1. The second-order valence-corrected chi connectivity index (χ2v) is 2.14. The van der Waals surface area contributed by atoms with E-state index in [1.165, 1.54) is 0 Å². The highest BCUT2D eigenvalue weighted by Gasteiger charge is 2.32. The van der Waals surface area contributed by atoms with E-state index in [0.29, 0.717) is 0 Å². The number of halogens is 4. The van der Waals surface area contributed by atoms with Crippen LogP contribution in [0, 0.1) is 0 Å². The van der Waals surface area contributed by atoms with Crippen molar-refractivity contribution in [3.05, 3.63) is 17.7 Å². The second kappa shape index (κ2) is 2.73. The Morgan fingerprint density at radius 1 is 1.55 bits per heavy atom. The Kier molecular flexibility index (Phi) is 2.08. The Hall–Kier alpha value is -0.710. The SMILES string of the molecule is FC(F)(F)c1cnc(CCl)[nH]1. The van der Waals surface area contributed by atoms with E-state index < -0.39 is 11.9 Å². The van der Waals surface area contributed by atoms with Crippen LogP contribution >= 0.6 is 11.6 Å². The van der Waals surface area contributed by atoms with Gasteiger partial charge in [0.1, 0.15) is 11.5 Å². The van der Waals surface area contributed by atoms with Crippen LogP contribution in [0.3, 0.4) is 0 Å². The lowest BCUT2D eigenvalue weighted by molar-refractivity contribution is -0.140. The van der Waals surface area contributed by atoms with Gasteiger partial charge in [-0.05, 0) is 0 Å². The van der Waals surface area contributed by atoms with Crippen LogP contribution in [0.5, 0.6) is 0 Å². The van der Waals surface area contributed by atoms with Gasteiger partial charge in [-0.2, -0.15) is 13.2 Å². The van der Waals surface area contributed by atoms with E-state index in [2.05, 4.69) is 4.98 Å². The van der Waals surface area contributed by atoms with E-state index in [1.807, 2.05) is 4.98 Å². The standard InChI is InChI=1S/C5H4ClF3N2/c6-1-4-10-2-3(11-4)5(7,8)9/h2H,1H2,(H,10,11). The molecule has 11 heavy (non-hydrogen) atoms. The van der Waals surface area contributed by atoms with Gasteiger partial charge in [-0.3, -0.25) is 0 Å². The fourth-order valence-corrected chi connectivity index (χ4v) is 0.710. The molecule has 0 saturated heterocycles. The fourth-order valence-electron chi connectivity index (χ4n) is 0.574. The molecule has 1 rings (SSSR count). The number of aromatic nitrogens is 2. The van der Waals surface area contributed by atoms with E-state index in [4.69, 9.17) is 11.6 Å². The summed E-state index contributed by atoms with van der Waals surface area (Å²) in [6.07, 6.45) is -3.64. The number of aromatic amines is 1. The molecule has 0 aliphatic rings. The highest BCUT2D eigenvalue weighted by atomic mass is 35.5. The van der Waals surface area contributed by atoms with Gasteiger partial charge in [0.2, 0.25) is 0 Å². The van der Waals surface area contributed by atoms with Gasteiger partial charge in [0.05, 0.1) is 12.1 Å². The number of H-pyrrole nitrogens is 1. The molecule has 1 aromatic heterocycles. The Bertz CT molecular complexity index is 242. The Morgan fingerprint density at radius 2 is 2.18 bits per heavy atom. The Labute approximate surface area is 65.4 Å². The molecule has 0 unspecified atom stereocenters. The largest absolute Gasteiger partial charge is 0.432 e. The van der Waals surface area contributed by atoms with E-state index in [9.17, 15) is 13.2 Å².